The first-order valence-corrected chi connectivity index (χ1v) is 1.20. The molecule has 0 aliphatic heterocycles. The van der Waals surface area contributed by atoms with Crippen molar-refractivity contribution in [1.82, 2.24) is 0 Å². The summed E-state index contributed by atoms with van der Waals surface area (Å²) in [6.45, 7) is 2.26. The van der Waals surface area contributed by atoms with Crippen molar-refractivity contribution in [1.29, 1.82) is 0 Å². The number of hydrogen-bond acceptors (Lipinski definition) is 1. The molecule has 0 bridgehead atoms. The first-order valence-electron chi connectivity index (χ1n) is 1.20. The van der Waals surface area contributed by atoms with Crippen molar-refractivity contribution in [2.75, 3.05) is 6.61 Å². The topological polar surface area (TPSA) is 9.23 Å². The molecule has 0 aliphatic carbocycles. The molecule has 0 atom stereocenters. The normalized spacial score (nSPS) is 7.50. The van der Waals surface area contributed by atoms with Crippen molar-refractivity contribution in [2.45, 2.75) is 6.92 Å². The van der Waals surface area contributed by atoms with Gasteiger partial charge in [-0.1, -0.05) is 0 Å². The van der Waals surface area contributed by atoms with E-state index in [4.69, 9.17) is 7.11 Å². The fourth-order valence-corrected chi connectivity index (χ4v) is 0. The molecule has 0 saturated carbocycles. The molecule has 0 unspecified atom stereocenters. The molecular weight excluding hydrogens is 41.0 g/mol. The largest absolute Gasteiger partial charge is 0.365 e. The molecule has 0 N–H and O–H groups in total. The number of hydrogen-bond donors (Lipinski definition) is 0. The van der Waals surface area contributed by atoms with Gasteiger partial charge in [-0.3, -0.25) is 0 Å². The third kappa shape index (κ3) is 1.96. The second-order valence-electron chi connectivity index (χ2n) is 0.433. The van der Waals surface area contributed by atoms with Crippen LogP contribution in [-0.4, -0.2) is 6.61 Å². The van der Waals surface area contributed by atoms with Gasteiger partial charge in [-0.2, -0.15) is 0 Å². The third-order valence-electron chi connectivity index (χ3n) is 0.144. The number of ether oxygens (including phenoxy) is 1. The highest BCUT2D eigenvalue weighted by molar-refractivity contribution is 4.02. The average Bonchev–Trinajstić information content (AvgIpc) is 1.37. The molecule has 0 saturated heterocycles. The Kier molecular flexibility index (Phi) is 2.93. The Hall–Kier alpha value is -0.0400. The van der Waals surface area contributed by atoms with Crippen LogP contribution in [0.1, 0.15) is 6.92 Å². The molecule has 0 amide bonds. The molecule has 0 aromatic carbocycles. The van der Waals surface area contributed by atoms with Crippen LogP contribution in [0.4, 0.5) is 0 Å². The van der Waals surface area contributed by atoms with Gasteiger partial charge in [-0.25, -0.2) is 0 Å². The average molecular weight is 46.1 g/mol. The third-order valence-corrected chi connectivity index (χ3v) is 0.144. The van der Waals surface area contributed by atoms with Gasteiger partial charge in [0.05, 0.1) is 0 Å². The SMILES string of the molecule is CCO[1C]. The van der Waals surface area contributed by atoms with Crippen LogP contribution in [0, 0.1) is 7.11 Å². The molecule has 1 heteroatoms. The Labute approximate surface area is 26.6 Å². The van der Waals surface area contributed by atoms with Crippen LogP contribution in [0.15, 0.2) is 0 Å². The van der Waals surface area contributed by atoms with Crippen LogP contribution in [0.5, 0.6) is 0 Å². The summed E-state index contributed by atoms with van der Waals surface area (Å²) in [5, 5.41) is 0. The zero-order chi connectivity index (χ0) is 3.41. The number of rotatable bonds is 1. The Morgan fingerprint density at radius 1 is 2.00 bits per heavy atom. The van der Waals surface area contributed by atoms with E-state index in [1.807, 2.05) is 0 Å². The van der Waals surface area contributed by atoms with Crippen LogP contribution in [0.3, 0.4) is 0 Å². The van der Waals surface area contributed by atoms with Crippen LogP contribution >= 0.6 is 0 Å². The molecule has 4 heavy (non-hydrogen) atoms. The second-order valence-corrected chi connectivity index (χ2v) is 0.433. The van der Waals surface area contributed by atoms with Crippen LogP contribution in [-0.2, 0) is 4.74 Å². The lowest BCUT2D eigenvalue weighted by molar-refractivity contribution is 0.261. The molecule has 0 rings (SSSR count). The molecule has 23 valence electrons. The van der Waals surface area contributed by atoms with Crippen LogP contribution < -0.4 is 0 Å². The fourth-order valence-electron chi connectivity index (χ4n) is 0. The summed E-state index contributed by atoms with van der Waals surface area (Å²) in [6.07, 6.45) is 0. The molecular formula is C3H5O. The van der Waals surface area contributed by atoms with Crippen LogP contribution in [0.2, 0.25) is 0 Å². The van der Waals surface area contributed by atoms with Gasteiger partial charge in [0.15, 0.2) is 7.11 Å². The van der Waals surface area contributed by atoms with Gasteiger partial charge < -0.3 is 4.74 Å². The first-order chi connectivity index (χ1) is 1.91. The Morgan fingerprint density at radius 3 is 2.25 bits per heavy atom. The highest BCUT2D eigenvalue weighted by Crippen LogP contribution is 1.56. The zero-order valence-corrected chi connectivity index (χ0v) is 2.62. The monoisotopic (exact) mass is 46.0 g/mol. The molecule has 1 nitrogen and oxygen atoms in total. The highest BCUT2D eigenvalue weighted by atomic mass is 16.3. The Balaban J connectivity index is 1.97. The standard InChI is InChI=1S/C3H5O/c1-3-4-2/h3H2,1H3/i2-11. The minimum absolute atomic E-state index is 0.486. The van der Waals surface area contributed by atoms with E-state index < -0.39 is 0 Å². The van der Waals surface area contributed by atoms with Gasteiger partial charge in [0.1, 0.15) is 0 Å². The van der Waals surface area contributed by atoms with Crippen molar-refractivity contribution in [3.8, 4) is 0 Å². The molecule has 0 heterocycles. The fraction of sp³-hybridized carbons (Fsp3) is 0.667. The molecule has 3 radical (unpaired) electrons. The van der Waals surface area contributed by atoms with Crippen molar-refractivity contribution < 1.29 is 4.74 Å². The van der Waals surface area contributed by atoms with E-state index >= 15 is 0 Å². The van der Waals surface area contributed by atoms with E-state index in [0.717, 1.165) is 0 Å². The van der Waals surface area contributed by atoms with Crippen molar-refractivity contribution in [2.24, 2.45) is 0 Å². The summed E-state index contributed by atoms with van der Waals surface area (Å²) < 4.78 is 3.79. The van der Waals surface area contributed by atoms with E-state index in [1.54, 1.807) is 6.92 Å². The Bertz CT molecular complexity index is 5.25. The maximum Gasteiger partial charge on any atom is 0.173 e. The van der Waals surface area contributed by atoms with E-state index in [2.05, 4.69) is 4.74 Å². The van der Waals surface area contributed by atoms with E-state index in [0.29, 0.717) is 6.61 Å². The lowest BCUT2D eigenvalue weighted by Gasteiger charge is -1.73. The lowest BCUT2D eigenvalue weighted by Crippen LogP contribution is -1.69. The maximum absolute atomic E-state index is 5.95. The minimum atomic E-state index is 0.486. The Morgan fingerprint density at radius 2 is 2.25 bits per heavy atom. The molecule has 0 aromatic rings. The molecule has 0 aliphatic rings. The summed E-state index contributed by atoms with van der Waals surface area (Å²) in [5.74, 6) is 0. The zero-order valence-electron chi connectivity index (χ0n) is 2.62. The summed E-state index contributed by atoms with van der Waals surface area (Å²) in [7, 11) is 5.95. The van der Waals surface area contributed by atoms with E-state index in [1.165, 1.54) is 0 Å². The van der Waals surface area contributed by atoms with Crippen LogP contribution in [0.25, 0.3) is 0 Å². The van der Waals surface area contributed by atoms with Gasteiger partial charge in [0, 0.05) is 6.61 Å². The van der Waals surface area contributed by atoms with E-state index in [-0.39, 0.29) is 0 Å². The predicted octanol–water partition coefficient (Wildman–Crippen LogP) is 0.568. The van der Waals surface area contributed by atoms with Gasteiger partial charge in [0.25, 0.3) is 0 Å². The summed E-state index contributed by atoms with van der Waals surface area (Å²) in [6, 6.07) is 0. The maximum atomic E-state index is 5.95. The molecule has 0 fully saturated rings. The van der Waals surface area contributed by atoms with Gasteiger partial charge >= 0.3 is 0 Å². The highest BCUT2D eigenvalue weighted by Gasteiger charge is 1.54. The second kappa shape index (κ2) is 2.96. The predicted molar refractivity (Wildman–Crippen MR) is 14.9 cm³/mol. The minimum Gasteiger partial charge on any atom is -0.365 e. The van der Waals surface area contributed by atoms with Crippen molar-refractivity contribution in [3.63, 3.8) is 0 Å². The molecule has 0 aromatic heterocycles. The van der Waals surface area contributed by atoms with E-state index in [9.17, 15) is 0 Å². The molecule has 0 spiro atoms. The smallest absolute Gasteiger partial charge is 0.173 e. The van der Waals surface area contributed by atoms with Crippen molar-refractivity contribution >= 4 is 0 Å². The lowest BCUT2D eigenvalue weighted by atomic mass is 0.933. The summed E-state index contributed by atoms with van der Waals surface area (Å²) >= 11 is 0. The van der Waals surface area contributed by atoms with Gasteiger partial charge in [-0.05, 0) is 6.92 Å². The summed E-state index contributed by atoms with van der Waals surface area (Å²) in [4.78, 5) is 0. The summed E-state index contributed by atoms with van der Waals surface area (Å²) in [5.41, 5.74) is 0. The first kappa shape index (κ1) is 3.96. The van der Waals surface area contributed by atoms with Gasteiger partial charge in [0.2, 0.25) is 0 Å². The van der Waals surface area contributed by atoms with Crippen molar-refractivity contribution in [3.05, 3.63) is 7.11 Å². The van der Waals surface area contributed by atoms with Gasteiger partial charge in [-0.15, -0.1) is 0 Å². The quantitative estimate of drug-likeness (QED) is 0.419.